The fourth-order valence-electron chi connectivity index (χ4n) is 1.85. The molecule has 2 nitrogen and oxygen atoms in total. The van der Waals surface area contributed by atoms with Crippen LogP contribution in [0.3, 0.4) is 0 Å². The molecule has 0 bridgehead atoms. The molecule has 3 heteroatoms. The van der Waals surface area contributed by atoms with Crippen molar-refractivity contribution in [2.75, 3.05) is 19.8 Å². The molecular formula is C9H19FN2. The van der Waals surface area contributed by atoms with Gasteiger partial charge in [-0.05, 0) is 32.7 Å². The summed E-state index contributed by atoms with van der Waals surface area (Å²) in [6.45, 7) is 3.92. The molecule has 12 heavy (non-hydrogen) atoms. The molecule has 0 aromatic heterocycles. The average Bonchev–Trinajstić information content (AvgIpc) is 2.03. The maximum absolute atomic E-state index is 11.9. The van der Waals surface area contributed by atoms with Crippen molar-refractivity contribution in [1.82, 2.24) is 4.90 Å². The van der Waals surface area contributed by atoms with Crippen LogP contribution in [0.4, 0.5) is 4.39 Å². The van der Waals surface area contributed by atoms with Gasteiger partial charge in [0.05, 0.1) is 6.67 Å². The summed E-state index contributed by atoms with van der Waals surface area (Å²) in [6.07, 6.45) is 2.79. The lowest BCUT2D eigenvalue weighted by Gasteiger charge is -2.36. The van der Waals surface area contributed by atoms with Crippen molar-refractivity contribution in [3.8, 4) is 0 Å². The minimum absolute atomic E-state index is 0.199. The summed E-state index contributed by atoms with van der Waals surface area (Å²) in [4.78, 5) is 2.34. The van der Waals surface area contributed by atoms with Crippen LogP contribution in [0.15, 0.2) is 0 Å². The highest BCUT2D eigenvalue weighted by Crippen LogP contribution is 2.15. The molecule has 0 aliphatic carbocycles. The Bertz CT molecular complexity index is 128. The number of rotatable bonds is 3. The van der Waals surface area contributed by atoms with Gasteiger partial charge in [0.25, 0.3) is 0 Å². The highest BCUT2D eigenvalue weighted by Gasteiger charge is 2.22. The SMILES string of the molecule is CC1CC(N)CCN1CCCF. The van der Waals surface area contributed by atoms with Crippen LogP contribution in [0.2, 0.25) is 0 Å². The van der Waals surface area contributed by atoms with E-state index >= 15 is 0 Å². The first-order valence-corrected chi connectivity index (χ1v) is 4.79. The summed E-state index contributed by atoms with van der Waals surface area (Å²) in [5.74, 6) is 0. The summed E-state index contributed by atoms with van der Waals surface area (Å²) >= 11 is 0. The zero-order valence-electron chi connectivity index (χ0n) is 7.80. The van der Waals surface area contributed by atoms with Crippen LogP contribution >= 0.6 is 0 Å². The van der Waals surface area contributed by atoms with E-state index < -0.39 is 0 Å². The Morgan fingerprint density at radius 3 is 2.92 bits per heavy atom. The van der Waals surface area contributed by atoms with Crippen LogP contribution in [0.25, 0.3) is 0 Å². The van der Waals surface area contributed by atoms with Gasteiger partial charge >= 0.3 is 0 Å². The maximum atomic E-state index is 11.9. The molecule has 0 spiro atoms. The molecule has 2 atom stereocenters. The number of nitrogens with zero attached hydrogens (tertiary/aromatic N) is 1. The third-order valence-electron chi connectivity index (χ3n) is 2.63. The summed E-state index contributed by atoms with van der Waals surface area (Å²) in [6, 6.07) is 0.905. The van der Waals surface area contributed by atoms with Crippen LogP contribution in [0.5, 0.6) is 0 Å². The molecule has 0 radical (unpaired) electrons. The molecule has 72 valence electrons. The summed E-state index contributed by atoms with van der Waals surface area (Å²) < 4.78 is 11.9. The van der Waals surface area contributed by atoms with Gasteiger partial charge in [0.15, 0.2) is 0 Å². The Kier molecular flexibility index (Phi) is 3.95. The molecule has 0 aromatic rings. The van der Waals surface area contributed by atoms with Crippen LogP contribution in [0.1, 0.15) is 26.2 Å². The van der Waals surface area contributed by atoms with Gasteiger partial charge in [-0.2, -0.15) is 0 Å². The monoisotopic (exact) mass is 174 g/mol. The molecule has 0 amide bonds. The van der Waals surface area contributed by atoms with E-state index in [2.05, 4.69) is 11.8 Å². The molecule has 1 heterocycles. The Morgan fingerprint density at radius 1 is 1.58 bits per heavy atom. The number of piperidine rings is 1. The molecule has 1 aliphatic rings. The van der Waals surface area contributed by atoms with Crippen molar-refractivity contribution in [3.63, 3.8) is 0 Å². The summed E-state index contributed by atoms with van der Waals surface area (Å²) in [7, 11) is 0. The second-order valence-corrected chi connectivity index (χ2v) is 3.71. The number of halogens is 1. The molecule has 2 unspecified atom stereocenters. The highest BCUT2D eigenvalue weighted by atomic mass is 19.1. The van der Waals surface area contributed by atoms with Gasteiger partial charge in [0.2, 0.25) is 0 Å². The normalized spacial score (nSPS) is 32.2. The lowest BCUT2D eigenvalue weighted by Crippen LogP contribution is -2.45. The second kappa shape index (κ2) is 4.77. The molecule has 1 rings (SSSR count). The molecular weight excluding hydrogens is 155 g/mol. The molecule has 0 saturated carbocycles. The van der Waals surface area contributed by atoms with Crippen molar-refractivity contribution in [2.45, 2.75) is 38.3 Å². The number of hydrogen-bond donors (Lipinski definition) is 1. The largest absolute Gasteiger partial charge is 0.328 e. The van der Waals surface area contributed by atoms with Gasteiger partial charge in [-0.3, -0.25) is 4.39 Å². The minimum Gasteiger partial charge on any atom is -0.328 e. The molecule has 0 aromatic carbocycles. The molecule has 1 fully saturated rings. The molecule has 1 aliphatic heterocycles. The first-order chi connectivity index (χ1) is 5.74. The first kappa shape index (κ1) is 9.93. The van der Waals surface area contributed by atoms with Crippen LogP contribution in [-0.4, -0.2) is 36.7 Å². The van der Waals surface area contributed by atoms with Crippen molar-refractivity contribution < 1.29 is 4.39 Å². The predicted octanol–water partition coefficient (Wildman–Crippen LogP) is 1.16. The lowest BCUT2D eigenvalue weighted by molar-refractivity contribution is 0.142. The highest BCUT2D eigenvalue weighted by molar-refractivity contribution is 4.80. The van der Waals surface area contributed by atoms with Gasteiger partial charge in [-0.1, -0.05) is 0 Å². The molecule has 1 saturated heterocycles. The van der Waals surface area contributed by atoms with Crippen molar-refractivity contribution in [1.29, 1.82) is 0 Å². The number of nitrogens with two attached hydrogens (primary N) is 1. The van der Waals surface area contributed by atoms with Gasteiger partial charge in [-0.15, -0.1) is 0 Å². The average molecular weight is 174 g/mol. The Hall–Kier alpha value is -0.150. The van der Waals surface area contributed by atoms with Gasteiger partial charge in [0.1, 0.15) is 0 Å². The van der Waals surface area contributed by atoms with Crippen molar-refractivity contribution in [2.24, 2.45) is 5.73 Å². The van der Waals surface area contributed by atoms with Crippen LogP contribution in [-0.2, 0) is 0 Å². The fraction of sp³-hybridized carbons (Fsp3) is 1.00. The third-order valence-corrected chi connectivity index (χ3v) is 2.63. The molecule has 2 N–H and O–H groups in total. The number of hydrogen-bond acceptors (Lipinski definition) is 2. The topological polar surface area (TPSA) is 29.3 Å². The van der Waals surface area contributed by atoms with E-state index in [0.717, 1.165) is 25.9 Å². The standard InChI is InChI=1S/C9H19FN2/c1-8-7-9(11)3-6-12(8)5-2-4-10/h8-9H,2-7,11H2,1H3. The lowest BCUT2D eigenvalue weighted by atomic mass is 9.99. The van der Waals surface area contributed by atoms with E-state index in [1.807, 2.05) is 0 Å². The zero-order valence-corrected chi connectivity index (χ0v) is 7.80. The summed E-state index contributed by atoms with van der Waals surface area (Å²) in [5, 5.41) is 0. The van der Waals surface area contributed by atoms with E-state index in [-0.39, 0.29) is 6.67 Å². The number of alkyl halides is 1. The maximum Gasteiger partial charge on any atom is 0.0906 e. The van der Waals surface area contributed by atoms with Gasteiger partial charge < -0.3 is 10.6 Å². The van der Waals surface area contributed by atoms with E-state index in [0.29, 0.717) is 18.5 Å². The first-order valence-electron chi connectivity index (χ1n) is 4.79. The van der Waals surface area contributed by atoms with Crippen molar-refractivity contribution >= 4 is 0 Å². The van der Waals surface area contributed by atoms with E-state index in [4.69, 9.17) is 5.73 Å². The smallest absolute Gasteiger partial charge is 0.0906 e. The predicted molar refractivity (Wildman–Crippen MR) is 48.8 cm³/mol. The van der Waals surface area contributed by atoms with Gasteiger partial charge in [0, 0.05) is 18.6 Å². The van der Waals surface area contributed by atoms with E-state index in [1.165, 1.54) is 0 Å². The quantitative estimate of drug-likeness (QED) is 0.695. The summed E-state index contributed by atoms with van der Waals surface area (Å²) in [5.41, 5.74) is 5.82. The second-order valence-electron chi connectivity index (χ2n) is 3.71. The zero-order chi connectivity index (χ0) is 8.97. The van der Waals surface area contributed by atoms with Crippen LogP contribution < -0.4 is 5.73 Å². The van der Waals surface area contributed by atoms with Gasteiger partial charge in [-0.25, -0.2) is 0 Å². The van der Waals surface area contributed by atoms with Crippen LogP contribution in [0, 0.1) is 0 Å². The van der Waals surface area contributed by atoms with E-state index in [9.17, 15) is 4.39 Å². The Morgan fingerprint density at radius 2 is 2.33 bits per heavy atom. The minimum atomic E-state index is -0.199. The fourth-order valence-corrected chi connectivity index (χ4v) is 1.85. The Labute approximate surface area is 73.9 Å². The van der Waals surface area contributed by atoms with Crippen molar-refractivity contribution in [3.05, 3.63) is 0 Å². The Balaban J connectivity index is 2.25. The van der Waals surface area contributed by atoms with E-state index in [1.54, 1.807) is 0 Å². The third kappa shape index (κ3) is 2.72. The number of likely N-dealkylation sites (tertiary alicyclic amines) is 1.